The molecule has 0 heterocycles. The Morgan fingerprint density at radius 3 is 2.63 bits per heavy atom. The number of hydrogen-bond acceptors (Lipinski definition) is 3. The molecule has 1 atom stereocenters. The SMILES string of the molecule is CC(SCCSc1cccc(C(F)(F)F)c1)C(=O)O. The lowest BCUT2D eigenvalue weighted by Gasteiger charge is -2.09. The maximum Gasteiger partial charge on any atom is 0.416 e. The summed E-state index contributed by atoms with van der Waals surface area (Å²) >= 11 is 2.56. The highest BCUT2D eigenvalue weighted by Crippen LogP contribution is 2.32. The zero-order valence-corrected chi connectivity index (χ0v) is 11.7. The fourth-order valence-corrected chi connectivity index (χ4v) is 3.05. The maximum absolute atomic E-state index is 12.5. The van der Waals surface area contributed by atoms with Crippen molar-refractivity contribution in [3.63, 3.8) is 0 Å². The van der Waals surface area contributed by atoms with Gasteiger partial charge in [0.1, 0.15) is 0 Å². The number of aliphatic carboxylic acids is 1. The molecular weight excluding hydrogens is 297 g/mol. The molecule has 1 aromatic carbocycles. The summed E-state index contributed by atoms with van der Waals surface area (Å²) in [6, 6.07) is 5.13. The third-order valence-corrected chi connectivity index (χ3v) is 4.62. The number of benzene rings is 1. The molecule has 1 aromatic rings. The number of carboxylic acids is 1. The Morgan fingerprint density at radius 2 is 2.05 bits per heavy atom. The first-order chi connectivity index (χ1) is 8.80. The molecule has 1 N–H and O–H groups in total. The number of hydrogen-bond donors (Lipinski definition) is 1. The molecule has 0 aliphatic rings. The van der Waals surface area contributed by atoms with Crippen LogP contribution >= 0.6 is 23.5 Å². The van der Waals surface area contributed by atoms with Crippen LogP contribution in [0.15, 0.2) is 29.2 Å². The summed E-state index contributed by atoms with van der Waals surface area (Å²) in [5, 5.41) is 8.17. The number of carboxylic acid groups (broad SMARTS) is 1. The predicted octanol–water partition coefficient (Wildman–Crippen LogP) is 4.00. The van der Waals surface area contributed by atoms with Crippen molar-refractivity contribution >= 4 is 29.5 Å². The number of rotatable bonds is 6. The first-order valence-corrected chi connectivity index (χ1v) is 7.48. The first kappa shape index (κ1) is 16.2. The minimum atomic E-state index is -4.33. The molecule has 1 unspecified atom stereocenters. The van der Waals surface area contributed by atoms with E-state index in [0.717, 1.165) is 12.1 Å². The van der Waals surface area contributed by atoms with Gasteiger partial charge in [-0.15, -0.1) is 23.5 Å². The Bertz CT molecular complexity index is 435. The molecule has 0 saturated heterocycles. The van der Waals surface area contributed by atoms with Gasteiger partial charge in [-0.3, -0.25) is 4.79 Å². The number of thioether (sulfide) groups is 2. The van der Waals surface area contributed by atoms with Crippen molar-refractivity contribution in [2.45, 2.75) is 23.2 Å². The molecule has 0 bridgehead atoms. The van der Waals surface area contributed by atoms with Gasteiger partial charge in [-0.05, 0) is 25.1 Å². The van der Waals surface area contributed by atoms with Crippen LogP contribution in [0.2, 0.25) is 0 Å². The highest BCUT2D eigenvalue weighted by Gasteiger charge is 2.30. The van der Waals surface area contributed by atoms with Gasteiger partial charge in [0, 0.05) is 16.4 Å². The van der Waals surface area contributed by atoms with E-state index < -0.39 is 23.0 Å². The maximum atomic E-state index is 12.5. The quantitative estimate of drug-likeness (QED) is 0.636. The van der Waals surface area contributed by atoms with E-state index in [2.05, 4.69) is 0 Å². The summed E-state index contributed by atoms with van der Waals surface area (Å²) in [6.45, 7) is 1.59. The van der Waals surface area contributed by atoms with Crippen molar-refractivity contribution in [2.75, 3.05) is 11.5 Å². The Labute approximate surface area is 117 Å². The average Bonchev–Trinajstić information content (AvgIpc) is 2.33. The molecule has 0 aromatic heterocycles. The summed E-state index contributed by atoms with van der Waals surface area (Å²) in [7, 11) is 0. The van der Waals surface area contributed by atoms with Crippen LogP contribution in [-0.4, -0.2) is 27.8 Å². The van der Waals surface area contributed by atoms with Crippen molar-refractivity contribution in [3.8, 4) is 0 Å². The van der Waals surface area contributed by atoms with Crippen LogP contribution in [0.5, 0.6) is 0 Å². The third kappa shape index (κ3) is 5.78. The lowest BCUT2D eigenvalue weighted by Crippen LogP contribution is -2.12. The van der Waals surface area contributed by atoms with E-state index in [-0.39, 0.29) is 0 Å². The van der Waals surface area contributed by atoms with Gasteiger partial charge in [0.25, 0.3) is 0 Å². The van der Waals surface area contributed by atoms with Gasteiger partial charge in [0.2, 0.25) is 0 Å². The van der Waals surface area contributed by atoms with Gasteiger partial charge in [0.15, 0.2) is 0 Å². The van der Waals surface area contributed by atoms with Crippen molar-refractivity contribution in [1.29, 1.82) is 0 Å². The molecule has 1 rings (SSSR count). The molecule has 0 amide bonds. The Balaban J connectivity index is 2.44. The van der Waals surface area contributed by atoms with Crippen molar-refractivity contribution in [3.05, 3.63) is 29.8 Å². The molecule has 0 spiro atoms. The third-order valence-electron chi connectivity index (χ3n) is 2.23. The molecule has 106 valence electrons. The van der Waals surface area contributed by atoms with Gasteiger partial charge in [-0.1, -0.05) is 6.07 Å². The van der Waals surface area contributed by atoms with Gasteiger partial charge in [0.05, 0.1) is 10.8 Å². The average molecular weight is 310 g/mol. The van der Waals surface area contributed by atoms with E-state index in [9.17, 15) is 18.0 Å². The van der Waals surface area contributed by atoms with E-state index >= 15 is 0 Å². The first-order valence-electron chi connectivity index (χ1n) is 5.45. The summed E-state index contributed by atoms with van der Waals surface area (Å²) in [6.07, 6.45) is -4.33. The molecule has 0 radical (unpaired) electrons. The normalized spacial score (nSPS) is 13.3. The monoisotopic (exact) mass is 310 g/mol. The lowest BCUT2D eigenvalue weighted by atomic mass is 10.2. The highest BCUT2D eigenvalue weighted by molar-refractivity contribution is 8.03. The van der Waals surface area contributed by atoms with Crippen LogP contribution in [0.25, 0.3) is 0 Å². The summed E-state index contributed by atoms with van der Waals surface area (Å²) in [4.78, 5) is 11.1. The van der Waals surface area contributed by atoms with Crippen LogP contribution in [0.4, 0.5) is 13.2 Å². The van der Waals surface area contributed by atoms with Gasteiger partial charge >= 0.3 is 12.1 Å². The van der Waals surface area contributed by atoms with Gasteiger partial charge in [-0.25, -0.2) is 0 Å². The van der Waals surface area contributed by atoms with Crippen LogP contribution in [0.1, 0.15) is 12.5 Å². The molecule has 0 aliphatic carbocycles. The van der Waals surface area contributed by atoms with E-state index in [1.54, 1.807) is 13.0 Å². The topological polar surface area (TPSA) is 37.3 Å². The van der Waals surface area contributed by atoms with Crippen molar-refractivity contribution in [2.24, 2.45) is 0 Å². The molecule has 0 saturated carbocycles. The second-order valence-corrected chi connectivity index (χ2v) is 6.34. The van der Waals surface area contributed by atoms with Crippen LogP contribution in [-0.2, 0) is 11.0 Å². The second kappa shape index (κ2) is 7.09. The van der Waals surface area contributed by atoms with E-state index in [1.807, 2.05) is 0 Å². The lowest BCUT2D eigenvalue weighted by molar-refractivity contribution is -0.138. The zero-order chi connectivity index (χ0) is 14.5. The molecule has 7 heteroatoms. The minimum Gasteiger partial charge on any atom is -0.480 e. The largest absolute Gasteiger partial charge is 0.480 e. The molecule has 0 fully saturated rings. The molecule has 19 heavy (non-hydrogen) atoms. The van der Waals surface area contributed by atoms with Gasteiger partial charge in [-0.2, -0.15) is 13.2 Å². The van der Waals surface area contributed by atoms with Crippen molar-refractivity contribution < 1.29 is 23.1 Å². The number of alkyl halides is 3. The standard InChI is InChI=1S/C12H13F3O2S2/c1-8(11(16)17)18-5-6-19-10-4-2-3-9(7-10)12(13,14)15/h2-4,7-8H,5-6H2,1H3,(H,16,17). The number of halogens is 3. The Morgan fingerprint density at radius 1 is 1.37 bits per heavy atom. The minimum absolute atomic E-state index is 0.498. The molecule has 0 aliphatic heterocycles. The summed E-state index contributed by atoms with van der Waals surface area (Å²) in [5.74, 6) is 0.270. The number of carbonyl (C=O) groups is 1. The second-order valence-electron chi connectivity index (χ2n) is 3.73. The van der Waals surface area contributed by atoms with Crippen LogP contribution < -0.4 is 0 Å². The van der Waals surface area contributed by atoms with Gasteiger partial charge < -0.3 is 5.11 Å². The van der Waals surface area contributed by atoms with E-state index in [1.165, 1.54) is 29.6 Å². The summed E-state index contributed by atoms with van der Waals surface area (Å²) < 4.78 is 37.4. The Kier molecular flexibility index (Phi) is 6.06. The smallest absolute Gasteiger partial charge is 0.416 e. The zero-order valence-electron chi connectivity index (χ0n) is 10.1. The molecule has 2 nitrogen and oxygen atoms in total. The summed E-state index contributed by atoms with van der Waals surface area (Å²) in [5.41, 5.74) is -0.663. The fraction of sp³-hybridized carbons (Fsp3) is 0.417. The molecular formula is C12H13F3O2S2. The van der Waals surface area contributed by atoms with E-state index in [4.69, 9.17) is 5.11 Å². The van der Waals surface area contributed by atoms with Crippen molar-refractivity contribution in [1.82, 2.24) is 0 Å². The predicted molar refractivity (Wildman–Crippen MR) is 71.7 cm³/mol. The highest BCUT2D eigenvalue weighted by atomic mass is 32.2. The Hall–Kier alpha value is -0.820. The van der Waals surface area contributed by atoms with Crippen LogP contribution in [0, 0.1) is 0 Å². The van der Waals surface area contributed by atoms with Crippen LogP contribution in [0.3, 0.4) is 0 Å². The fourth-order valence-electron chi connectivity index (χ4n) is 1.22. The van der Waals surface area contributed by atoms with E-state index in [0.29, 0.717) is 16.4 Å².